The number of halogens is 2. The first-order valence-electron chi connectivity index (χ1n) is 11.4. The molecule has 192 valence electrons. The van der Waals surface area contributed by atoms with Crippen molar-refractivity contribution in [3.63, 3.8) is 0 Å². The van der Waals surface area contributed by atoms with Crippen LogP contribution in [-0.2, 0) is 20.5 Å². The SMILES string of the molecule is CCCP(=O)(NC(Cc1ccc(Cl)c(Cl)c1)C(=O)Nc1c[nH]c(C(=O)OCC)c1)Oc1ccccc1. The Morgan fingerprint density at radius 1 is 1.06 bits per heavy atom. The number of aromatic amines is 1. The molecule has 1 aromatic heterocycles. The predicted octanol–water partition coefficient (Wildman–Crippen LogP) is 6.32. The van der Waals surface area contributed by atoms with E-state index in [1.54, 1.807) is 49.4 Å². The lowest BCUT2D eigenvalue weighted by Gasteiger charge is -2.26. The first kappa shape index (κ1) is 27.8. The highest BCUT2D eigenvalue weighted by Gasteiger charge is 2.32. The van der Waals surface area contributed by atoms with Gasteiger partial charge in [-0.25, -0.2) is 9.88 Å². The summed E-state index contributed by atoms with van der Waals surface area (Å²) < 4.78 is 24.6. The molecule has 0 radical (unpaired) electrons. The smallest absolute Gasteiger partial charge is 0.354 e. The zero-order valence-corrected chi connectivity index (χ0v) is 22.3. The molecular formula is C25H28Cl2N3O5P. The van der Waals surface area contributed by atoms with Gasteiger partial charge < -0.3 is 19.6 Å². The molecule has 0 bridgehead atoms. The summed E-state index contributed by atoms with van der Waals surface area (Å²) in [5, 5.41) is 6.46. The fraction of sp³-hybridized carbons (Fsp3) is 0.280. The third-order valence-electron chi connectivity index (χ3n) is 5.05. The van der Waals surface area contributed by atoms with E-state index in [0.29, 0.717) is 33.5 Å². The van der Waals surface area contributed by atoms with E-state index >= 15 is 0 Å². The van der Waals surface area contributed by atoms with E-state index in [1.807, 2.05) is 13.0 Å². The van der Waals surface area contributed by atoms with Crippen molar-refractivity contribution in [1.82, 2.24) is 10.1 Å². The Bertz CT molecular complexity index is 1240. The molecule has 0 fully saturated rings. The number of anilines is 1. The molecule has 1 heterocycles. The number of benzene rings is 2. The summed E-state index contributed by atoms with van der Waals surface area (Å²) in [4.78, 5) is 28.1. The zero-order chi connectivity index (χ0) is 26.1. The third kappa shape index (κ3) is 7.87. The Morgan fingerprint density at radius 3 is 2.47 bits per heavy atom. The summed E-state index contributed by atoms with van der Waals surface area (Å²) in [5.74, 6) is -0.573. The quantitative estimate of drug-likeness (QED) is 0.179. The molecule has 0 spiro atoms. The molecule has 0 saturated heterocycles. The summed E-state index contributed by atoms with van der Waals surface area (Å²) in [6, 6.07) is 14.3. The van der Waals surface area contributed by atoms with Gasteiger partial charge in [0.15, 0.2) is 0 Å². The summed E-state index contributed by atoms with van der Waals surface area (Å²) >= 11 is 12.2. The normalized spacial score (nSPS) is 13.4. The number of amides is 1. The largest absolute Gasteiger partial charge is 0.461 e. The molecule has 2 aromatic carbocycles. The van der Waals surface area contributed by atoms with Gasteiger partial charge in [0.25, 0.3) is 0 Å². The molecule has 36 heavy (non-hydrogen) atoms. The van der Waals surface area contributed by atoms with Gasteiger partial charge in [0.05, 0.1) is 28.4 Å². The molecule has 3 rings (SSSR count). The first-order valence-corrected chi connectivity index (χ1v) is 14.0. The number of ether oxygens (including phenoxy) is 1. The lowest BCUT2D eigenvalue weighted by atomic mass is 10.1. The maximum Gasteiger partial charge on any atom is 0.354 e. The minimum Gasteiger partial charge on any atom is -0.461 e. The molecule has 0 saturated carbocycles. The van der Waals surface area contributed by atoms with Crippen LogP contribution in [0, 0.1) is 0 Å². The van der Waals surface area contributed by atoms with Crippen LogP contribution in [0.3, 0.4) is 0 Å². The van der Waals surface area contributed by atoms with Crippen molar-refractivity contribution in [2.75, 3.05) is 18.1 Å². The molecule has 1 amide bonds. The Balaban J connectivity index is 1.86. The highest BCUT2D eigenvalue weighted by molar-refractivity contribution is 7.57. The Labute approximate surface area is 220 Å². The monoisotopic (exact) mass is 551 g/mol. The van der Waals surface area contributed by atoms with Gasteiger partial charge in [-0.2, -0.15) is 0 Å². The van der Waals surface area contributed by atoms with Gasteiger partial charge in [-0.3, -0.25) is 9.36 Å². The van der Waals surface area contributed by atoms with Gasteiger partial charge in [0.1, 0.15) is 11.4 Å². The van der Waals surface area contributed by atoms with Crippen LogP contribution in [0.15, 0.2) is 60.8 Å². The number of carbonyl (C=O) groups is 2. The lowest BCUT2D eigenvalue weighted by molar-refractivity contribution is -0.117. The maximum atomic E-state index is 13.8. The van der Waals surface area contributed by atoms with Crippen molar-refractivity contribution >= 4 is 48.3 Å². The standard InChI is InChI=1S/C25H28Cl2N3O5P/c1-3-12-36(33,35-19-8-6-5-7-9-19)30-22(14-17-10-11-20(26)21(27)13-17)24(31)29-18-15-23(28-16-18)25(32)34-4-2/h5-11,13,15-16,22,28H,3-4,12,14H2,1-2H3,(H,29,31)(H,30,33). The number of aromatic nitrogens is 1. The summed E-state index contributed by atoms with van der Waals surface area (Å²) in [6.45, 7) is 3.81. The van der Waals surface area contributed by atoms with Crippen molar-refractivity contribution in [2.24, 2.45) is 0 Å². The summed E-state index contributed by atoms with van der Waals surface area (Å²) in [7, 11) is -3.49. The number of rotatable bonds is 12. The van der Waals surface area contributed by atoms with E-state index in [0.717, 1.165) is 0 Å². The van der Waals surface area contributed by atoms with Gasteiger partial charge >= 0.3 is 13.5 Å². The predicted molar refractivity (Wildman–Crippen MR) is 142 cm³/mol. The third-order valence-corrected chi connectivity index (χ3v) is 8.04. The van der Waals surface area contributed by atoms with Crippen LogP contribution >= 0.6 is 30.7 Å². The average Bonchev–Trinajstić information content (AvgIpc) is 3.30. The average molecular weight is 552 g/mol. The number of para-hydroxylation sites is 1. The first-order chi connectivity index (χ1) is 17.2. The van der Waals surface area contributed by atoms with E-state index < -0.39 is 25.4 Å². The van der Waals surface area contributed by atoms with E-state index in [4.69, 9.17) is 32.5 Å². The number of nitrogens with one attached hydrogen (secondary N) is 3. The molecule has 0 aliphatic rings. The number of H-pyrrole nitrogens is 1. The summed E-state index contributed by atoms with van der Waals surface area (Å²) in [5.41, 5.74) is 1.27. The van der Waals surface area contributed by atoms with Gasteiger partial charge in [-0.05, 0) is 55.7 Å². The van der Waals surface area contributed by atoms with Crippen LogP contribution in [-0.4, -0.2) is 35.7 Å². The summed E-state index contributed by atoms with van der Waals surface area (Å²) in [6.07, 6.45) is 2.42. The minimum atomic E-state index is -3.49. The molecule has 0 aliphatic carbocycles. The van der Waals surface area contributed by atoms with Gasteiger partial charge in [-0.1, -0.05) is 54.4 Å². The topological polar surface area (TPSA) is 110 Å². The second-order valence-electron chi connectivity index (χ2n) is 7.95. The zero-order valence-electron chi connectivity index (χ0n) is 19.9. The van der Waals surface area contributed by atoms with Gasteiger partial charge in [0, 0.05) is 12.4 Å². The fourth-order valence-corrected chi connectivity index (χ4v) is 5.77. The van der Waals surface area contributed by atoms with Crippen LogP contribution < -0.4 is 14.9 Å². The lowest BCUT2D eigenvalue weighted by Crippen LogP contribution is -2.41. The van der Waals surface area contributed by atoms with Crippen molar-refractivity contribution in [1.29, 1.82) is 0 Å². The number of hydrogen-bond acceptors (Lipinski definition) is 5. The molecule has 11 heteroatoms. The van der Waals surface area contributed by atoms with Crippen LogP contribution in [0.1, 0.15) is 36.3 Å². The molecule has 2 unspecified atom stereocenters. The molecule has 3 N–H and O–H groups in total. The van der Waals surface area contributed by atoms with Crippen molar-refractivity contribution < 1.29 is 23.4 Å². The van der Waals surface area contributed by atoms with Gasteiger partial charge in [0.2, 0.25) is 5.91 Å². The fourth-order valence-electron chi connectivity index (χ4n) is 3.44. The van der Waals surface area contributed by atoms with E-state index in [9.17, 15) is 14.2 Å². The van der Waals surface area contributed by atoms with E-state index in [2.05, 4.69) is 15.4 Å². The van der Waals surface area contributed by atoms with Crippen LogP contribution in [0.25, 0.3) is 0 Å². The number of hydrogen-bond donors (Lipinski definition) is 3. The molecule has 2 atom stereocenters. The van der Waals surface area contributed by atoms with Crippen LogP contribution in [0.2, 0.25) is 10.0 Å². The van der Waals surface area contributed by atoms with E-state index in [-0.39, 0.29) is 24.9 Å². The molecule has 0 aliphatic heterocycles. The Kier molecular flexibility index (Phi) is 10.0. The second kappa shape index (κ2) is 13.0. The maximum absolute atomic E-state index is 13.8. The van der Waals surface area contributed by atoms with Crippen LogP contribution in [0.5, 0.6) is 5.75 Å². The Hall–Kier alpha value is -2.77. The number of esters is 1. The number of carbonyl (C=O) groups excluding carboxylic acids is 2. The second-order valence-corrected chi connectivity index (χ2v) is 11.0. The van der Waals surface area contributed by atoms with Crippen molar-refractivity contribution in [3.05, 3.63) is 82.1 Å². The van der Waals surface area contributed by atoms with Crippen molar-refractivity contribution in [2.45, 2.75) is 32.7 Å². The van der Waals surface area contributed by atoms with Gasteiger partial charge in [-0.15, -0.1) is 0 Å². The highest BCUT2D eigenvalue weighted by atomic mass is 35.5. The van der Waals surface area contributed by atoms with Crippen molar-refractivity contribution in [3.8, 4) is 5.75 Å². The van der Waals surface area contributed by atoms with Crippen LogP contribution in [0.4, 0.5) is 5.69 Å². The molecule has 8 nitrogen and oxygen atoms in total. The Morgan fingerprint density at radius 2 is 1.81 bits per heavy atom. The molecular weight excluding hydrogens is 524 g/mol. The van der Waals surface area contributed by atoms with E-state index in [1.165, 1.54) is 12.3 Å². The molecule has 3 aromatic rings. The minimum absolute atomic E-state index is 0.156. The highest BCUT2D eigenvalue weighted by Crippen LogP contribution is 2.44.